The summed E-state index contributed by atoms with van der Waals surface area (Å²) in [6, 6.07) is -0.492. The van der Waals surface area contributed by atoms with Gasteiger partial charge >= 0.3 is 6.03 Å². The van der Waals surface area contributed by atoms with Gasteiger partial charge in [-0.3, -0.25) is 19.8 Å². The maximum absolute atomic E-state index is 10.7. The van der Waals surface area contributed by atoms with E-state index in [1.165, 1.54) is 6.20 Å². The van der Waals surface area contributed by atoms with Crippen LogP contribution in [0, 0.1) is 0 Å². The minimum Gasteiger partial charge on any atom is -0.299 e. The van der Waals surface area contributed by atoms with Crippen molar-refractivity contribution < 1.29 is 14.4 Å². The molecule has 0 atom stereocenters. The van der Waals surface area contributed by atoms with Crippen LogP contribution in [-0.4, -0.2) is 29.7 Å². The number of aldehydes is 1. The summed E-state index contributed by atoms with van der Waals surface area (Å²) in [5.74, 6) is -0.356. The molecule has 0 saturated carbocycles. The van der Waals surface area contributed by atoms with E-state index in [4.69, 9.17) is 0 Å². The van der Waals surface area contributed by atoms with E-state index in [1.807, 2.05) is 0 Å². The summed E-state index contributed by atoms with van der Waals surface area (Å²) in [6.07, 6.45) is 2.95. The molecule has 1 saturated heterocycles. The highest BCUT2D eigenvalue weighted by Crippen LogP contribution is 1.97. The molecule has 0 bridgehead atoms. The van der Waals surface area contributed by atoms with Gasteiger partial charge in [-0.1, -0.05) is 0 Å². The van der Waals surface area contributed by atoms with Crippen molar-refractivity contribution in [3.05, 3.63) is 12.3 Å². The van der Waals surface area contributed by atoms with Gasteiger partial charge in [0.15, 0.2) is 0 Å². The van der Waals surface area contributed by atoms with Crippen molar-refractivity contribution in [2.24, 2.45) is 0 Å². The van der Waals surface area contributed by atoms with Crippen LogP contribution in [0.1, 0.15) is 0 Å². The van der Waals surface area contributed by atoms with E-state index in [0.717, 1.165) is 11.0 Å². The highest BCUT2D eigenvalue weighted by molar-refractivity contribution is 6.02. The van der Waals surface area contributed by atoms with Crippen molar-refractivity contribution in [3.8, 4) is 0 Å². The Bertz CT molecular complexity index is 234. The van der Waals surface area contributed by atoms with Gasteiger partial charge in [-0.2, -0.15) is 0 Å². The number of imide groups is 1. The topological polar surface area (TPSA) is 66.5 Å². The summed E-state index contributed by atoms with van der Waals surface area (Å²) < 4.78 is 0. The van der Waals surface area contributed by atoms with Crippen LogP contribution in [0.5, 0.6) is 0 Å². The molecule has 0 aromatic heterocycles. The minimum absolute atomic E-state index is 0.0107. The molecule has 3 amide bonds. The number of carbonyl (C=O) groups excluding carboxylic acids is 3. The molecule has 1 N–H and O–H groups in total. The zero-order valence-electron chi connectivity index (χ0n) is 5.61. The number of carbonyl (C=O) groups is 3. The van der Waals surface area contributed by atoms with E-state index in [1.54, 1.807) is 0 Å². The average Bonchev–Trinajstić information content (AvgIpc) is 2.26. The highest BCUT2D eigenvalue weighted by atomic mass is 16.2. The lowest BCUT2D eigenvalue weighted by molar-refractivity contribution is -0.118. The fourth-order valence-corrected chi connectivity index (χ4v) is 0.717. The third kappa shape index (κ3) is 1.64. The second-order valence-electron chi connectivity index (χ2n) is 1.96. The lowest BCUT2D eigenvalue weighted by atomic mass is 10.6. The number of nitrogens with zero attached hydrogens (tertiary/aromatic N) is 1. The van der Waals surface area contributed by atoms with Gasteiger partial charge in [-0.05, 0) is 6.08 Å². The molecule has 0 aliphatic carbocycles. The van der Waals surface area contributed by atoms with Crippen molar-refractivity contribution in [1.29, 1.82) is 0 Å². The van der Waals surface area contributed by atoms with E-state index in [0.29, 0.717) is 6.29 Å². The summed E-state index contributed by atoms with van der Waals surface area (Å²) in [6.45, 7) is -0.0107. The Hall–Kier alpha value is -1.65. The van der Waals surface area contributed by atoms with E-state index < -0.39 is 6.03 Å². The number of allylic oxidation sites excluding steroid dienone is 1. The van der Waals surface area contributed by atoms with Gasteiger partial charge in [0.2, 0.25) is 5.91 Å². The number of urea groups is 1. The summed E-state index contributed by atoms with van der Waals surface area (Å²) in [4.78, 5) is 32.2. The second kappa shape index (κ2) is 2.96. The molecular formula is C6H6N2O3. The monoisotopic (exact) mass is 154 g/mol. The van der Waals surface area contributed by atoms with Gasteiger partial charge in [0.05, 0.1) is 0 Å². The van der Waals surface area contributed by atoms with Crippen LogP contribution in [0.4, 0.5) is 4.79 Å². The van der Waals surface area contributed by atoms with E-state index in [-0.39, 0.29) is 12.5 Å². The quantitative estimate of drug-likeness (QED) is 0.323. The molecule has 1 aliphatic heterocycles. The molecule has 0 unspecified atom stereocenters. The molecule has 1 aliphatic rings. The Balaban J connectivity index is 2.60. The molecule has 58 valence electrons. The number of nitrogens with one attached hydrogen (secondary N) is 1. The minimum atomic E-state index is -0.492. The van der Waals surface area contributed by atoms with E-state index >= 15 is 0 Å². The molecule has 5 heteroatoms. The van der Waals surface area contributed by atoms with Gasteiger partial charge in [0.25, 0.3) is 0 Å². The lowest BCUT2D eigenvalue weighted by Gasteiger charge is -2.02. The van der Waals surface area contributed by atoms with Crippen LogP contribution in [0.2, 0.25) is 0 Å². The lowest BCUT2D eigenvalue weighted by Crippen LogP contribution is -2.23. The predicted octanol–water partition coefficient (Wildman–Crippen LogP) is -0.749. The number of amides is 3. The first-order chi connectivity index (χ1) is 5.24. The first-order valence-electron chi connectivity index (χ1n) is 2.96. The molecule has 0 radical (unpaired) electrons. The molecule has 1 fully saturated rings. The molecule has 11 heavy (non-hydrogen) atoms. The molecular weight excluding hydrogens is 148 g/mol. The maximum atomic E-state index is 10.7. The van der Waals surface area contributed by atoms with E-state index in [2.05, 4.69) is 5.32 Å². The largest absolute Gasteiger partial charge is 0.328 e. The highest BCUT2D eigenvalue weighted by Gasteiger charge is 2.23. The summed E-state index contributed by atoms with van der Waals surface area (Å²) >= 11 is 0. The molecule has 5 nitrogen and oxygen atoms in total. The Kier molecular flexibility index (Phi) is 2.00. The van der Waals surface area contributed by atoms with Gasteiger partial charge in [-0.25, -0.2) is 4.79 Å². The van der Waals surface area contributed by atoms with Crippen LogP contribution in [0.15, 0.2) is 12.3 Å². The molecule has 0 aromatic carbocycles. The number of hydrogen-bond acceptors (Lipinski definition) is 3. The van der Waals surface area contributed by atoms with Gasteiger partial charge in [-0.15, -0.1) is 0 Å². The number of rotatable bonds is 2. The molecule has 1 rings (SSSR count). The van der Waals surface area contributed by atoms with Crippen LogP contribution < -0.4 is 5.32 Å². The standard InChI is InChI=1S/C6H6N2O3/c9-3-1-2-8-4-5(10)7-6(8)11/h1-3H,4H2,(H,7,10,11). The zero-order chi connectivity index (χ0) is 8.27. The first kappa shape index (κ1) is 7.46. The smallest absolute Gasteiger partial charge is 0.299 e. The molecule has 1 heterocycles. The van der Waals surface area contributed by atoms with Crippen molar-refractivity contribution in [2.45, 2.75) is 0 Å². The van der Waals surface area contributed by atoms with Gasteiger partial charge in [0, 0.05) is 6.20 Å². The van der Waals surface area contributed by atoms with Gasteiger partial charge < -0.3 is 0 Å². The number of hydrogen-bond donors (Lipinski definition) is 1. The fraction of sp³-hybridized carbons (Fsp3) is 0.167. The maximum Gasteiger partial charge on any atom is 0.328 e. The van der Waals surface area contributed by atoms with Gasteiger partial charge in [0.1, 0.15) is 12.8 Å². The Morgan fingerprint density at radius 1 is 1.45 bits per heavy atom. The van der Waals surface area contributed by atoms with E-state index in [9.17, 15) is 14.4 Å². The van der Waals surface area contributed by atoms with Crippen LogP contribution in [-0.2, 0) is 9.59 Å². The van der Waals surface area contributed by atoms with Crippen molar-refractivity contribution in [2.75, 3.05) is 6.54 Å². The normalized spacial score (nSPS) is 17.6. The summed E-state index contributed by atoms with van der Waals surface area (Å²) in [5, 5.41) is 2.06. The van der Waals surface area contributed by atoms with Crippen LogP contribution in [0.25, 0.3) is 0 Å². The van der Waals surface area contributed by atoms with Crippen LogP contribution >= 0.6 is 0 Å². The fourth-order valence-electron chi connectivity index (χ4n) is 0.717. The summed E-state index contributed by atoms with van der Waals surface area (Å²) in [7, 11) is 0. The second-order valence-corrected chi connectivity index (χ2v) is 1.96. The Morgan fingerprint density at radius 3 is 2.64 bits per heavy atom. The Morgan fingerprint density at radius 2 is 2.18 bits per heavy atom. The van der Waals surface area contributed by atoms with Crippen molar-refractivity contribution in [3.63, 3.8) is 0 Å². The Labute approximate surface area is 62.7 Å². The SMILES string of the molecule is O=CC=CN1CC(=O)NC1=O. The summed E-state index contributed by atoms with van der Waals surface area (Å²) in [5.41, 5.74) is 0. The first-order valence-corrected chi connectivity index (χ1v) is 2.96. The average molecular weight is 154 g/mol. The molecule has 0 aromatic rings. The third-order valence-corrected chi connectivity index (χ3v) is 1.17. The van der Waals surface area contributed by atoms with Crippen molar-refractivity contribution in [1.82, 2.24) is 10.2 Å². The third-order valence-electron chi connectivity index (χ3n) is 1.17. The molecule has 0 spiro atoms. The van der Waals surface area contributed by atoms with Crippen LogP contribution in [0.3, 0.4) is 0 Å². The predicted molar refractivity (Wildman–Crippen MR) is 35.4 cm³/mol. The zero-order valence-corrected chi connectivity index (χ0v) is 5.61. The van der Waals surface area contributed by atoms with Crippen molar-refractivity contribution >= 4 is 18.2 Å².